The topological polar surface area (TPSA) is 49.3 Å². The number of benzene rings is 1. The molecular formula is C16H19NO2S. The van der Waals surface area contributed by atoms with Crippen LogP contribution in [0.2, 0.25) is 0 Å². The molecule has 20 heavy (non-hydrogen) atoms. The second kappa shape index (κ2) is 7.37. The number of hydrogen-bond donors (Lipinski definition) is 2. The van der Waals surface area contributed by atoms with Gasteiger partial charge in [0.05, 0.1) is 0 Å². The number of aryl methyl sites for hydroxylation is 1. The van der Waals surface area contributed by atoms with Crippen LogP contribution >= 0.6 is 11.8 Å². The van der Waals surface area contributed by atoms with E-state index in [0.717, 1.165) is 17.7 Å². The van der Waals surface area contributed by atoms with Gasteiger partial charge in [0, 0.05) is 22.9 Å². The summed E-state index contributed by atoms with van der Waals surface area (Å²) in [6, 6.07) is 5.54. The fourth-order valence-corrected chi connectivity index (χ4v) is 3.39. The van der Waals surface area contributed by atoms with Crippen LogP contribution in [0.3, 0.4) is 0 Å². The van der Waals surface area contributed by atoms with Crippen LogP contribution in [0, 0.1) is 18.8 Å². The fourth-order valence-electron chi connectivity index (χ4n) is 2.19. The molecule has 4 heteroatoms. The Balaban J connectivity index is 2.03. The molecule has 3 nitrogen and oxygen atoms in total. The summed E-state index contributed by atoms with van der Waals surface area (Å²) in [6.07, 6.45) is 2.43. The van der Waals surface area contributed by atoms with Gasteiger partial charge in [-0.3, -0.25) is 4.79 Å². The number of aliphatic hydroxyl groups excluding tert-OH is 1. The summed E-state index contributed by atoms with van der Waals surface area (Å²) in [5.74, 6) is 6.59. The van der Waals surface area contributed by atoms with Crippen molar-refractivity contribution < 1.29 is 9.90 Å². The monoisotopic (exact) mass is 289 g/mol. The fraction of sp³-hybridized carbons (Fsp3) is 0.438. The molecule has 1 aromatic rings. The Morgan fingerprint density at radius 2 is 2.40 bits per heavy atom. The average Bonchev–Trinajstić information content (AvgIpc) is 2.97. The van der Waals surface area contributed by atoms with Crippen LogP contribution in [0.1, 0.15) is 34.3 Å². The zero-order chi connectivity index (χ0) is 14.4. The van der Waals surface area contributed by atoms with Crippen molar-refractivity contribution in [2.75, 3.05) is 18.9 Å². The normalized spacial score (nSPS) is 17.4. The Labute approximate surface area is 124 Å². The molecule has 0 radical (unpaired) electrons. The summed E-state index contributed by atoms with van der Waals surface area (Å²) in [7, 11) is 0. The van der Waals surface area contributed by atoms with Crippen LogP contribution in [0.25, 0.3) is 0 Å². The highest BCUT2D eigenvalue weighted by Gasteiger charge is 2.17. The molecule has 1 aliphatic heterocycles. The van der Waals surface area contributed by atoms with E-state index in [4.69, 9.17) is 5.11 Å². The third kappa shape index (κ3) is 4.03. The predicted octanol–water partition coefficient (Wildman–Crippen LogP) is 1.96. The van der Waals surface area contributed by atoms with Crippen LogP contribution < -0.4 is 5.32 Å². The number of hydrogen-bond acceptors (Lipinski definition) is 3. The van der Waals surface area contributed by atoms with E-state index < -0.39 is 0 Å². The average molecular weight is 289 g/mol. The van der Waals surface area contributed by atoms with Crippen LogP contribution in [-0.4, -0.2) is 35.2 Å². The standard InChI is InChI=1S/C16H19NO2S/c1-12-6-7-13(4-2-8-18)10-15(12)16(19)17-11-14-5-3-9-20-14/h6-7,10,14,18H,3,5,8-9,11H2,1H3,(H,17,19). The second-order valence-electron chi connectivity index (χ2n) is 4.83. The van der Waals surface area contributed by atoms with Crippen LogP contribution in [0.15, 0.2) is 18.2 Å². The van der Waals surface area contributed by atoms with E-state index >= 15 is 0 Å². The predicted molar refractivity (Wildman–Crippen MR) is 83.0 cm³/mol. The lowest BCUT2D eigenvalue weighted by atomic mass is 10.0. The van der Waals surface area contributed by atoms with E-state index in [-0.39, 0.29) is 12.5 Å². The maximum atomic E-state index is 12.2. The van der Waals surface area contributed by atoms with Crippen LogP contribution in [0.5, 0.6) is 0 Å². The van der Waals surface area contributed by atoms with Crippen molar-refractivity contribution in [2.24, 2.45) is 0 Å². The Morgan fingerprint density at radius 1 is 1.55 bits per heavy atom. The molecule has 1 amide bonds. The molecule has 0 spiro atoms. The van der Waals surface area contributed by atoms with Gasteiger partial charge < -0.3 is 10.4 Å². The van der Waals surface area contributed by atoms with Crippen molar-refractivity contribution in [2.45, 2.75) is 25.0 Å². The third-order valence-electron chi connectivity index (χ3n) is 3.31. The largest absolute Gasteiger partial charge is 0.384 e. The summed E-state index contributed by atoms with van der Waals surface area (Å²) < 4.78 is 0. The maximum Gasteiger partial charge on any atom is 0.251 e. The van der Waals surface area contributed by atoms with E-state index in [1.165, 1.54) is 18.6 Å². The molecule has 106 valence electrons. The van der Waals surface area contributed by atoms with Crippen molar-refractivity contribution in [1.82, 2.24) is 5.32 Å². The minimum absolute atomic E-state index is 0.0392. The molecule has 0 bridgehead atoms. The number of thioether (sulfide) groups is 1. The second-order valence-corrected chi connectivity index (χ2v) is 6.24. The molecule has 1 fully saturated rings. The minimum Gasteiger partial charge on any atom is -0.384 e. The minimum atomic E-state index is -0.172. The lowest BCUT2D eigenvalue weighted by molar-refractivity contribution is 0.0953. The molecular weight excluding hydrogens is 270 g/mol. The van der Waals surface area contributed by atoms with Gasteiger partial charge in [-0.15, -0.1) is 0 Å². The van der Waals surface area contributed by atoms with Gasteiger partial charge in [0.1, 0.15) is 6.61 Å². The molecule has 1 atom stereocenters. The number of carbonyl (C=O) groups excluding carboxylic acids is 1. The highest BCUT2D eigenvalue weighted by Crippen LogP contribution is 2.25. The molecule has 2 N–H and O–H groups in total. The van der Waals surface area contributed by atoms with Gasteiger partial charge >= 0.3 is 0 Å². The summed E-state index contributed by atoms with van der Waals surface area (Å²) in [6.45, 7) is 2.48. The summed E-state index contributed by atoms with van der Waals surface area (Å²) >= 11 is 1.93. The quantitative estimate of drug-likeness (QED) is 0.836. The molecule has 1 aromatic carbocycles. The number of aliphatic hydroxyl groups is 1. The van der Waals surface area contributed by atoms with Crippen molar-refractivity contribution in [3.63, 3.8) is 0 Å². The molecule has 1 aliphatic rings. The van der Waals surface area contributed by atoms with Gasteiger partial charge in [-0.2, -0.15) is 11.8 Å². The van der Waals surface area contributed by atoms with Crippen molar-refractivity contribution in [3.05, 3.63) is 34.9 Å². The van der Waals surface area contributed by atoms with Gasteiger partial charge in [-0.1, -0.05) is 17.9 Å². The number of rotatable bonds is 3. The zero-order valence-electron chi connectivity index (χ0n) is 11.6. The van der Waals surface area contributed by atoms with Gasteiger partial charge in [0.25, 0.3) is 5.91 Å². The molecule has 0 saturated carbocycles. The highest BCUT2D eigenvalue weighted by atomic mass is 32.2. The lowest BCUT2D eigenvalue weighted by Gasteiger charge is -2.11. The maximum absolute atomic E-state index is 12.2. The van der Waals surface area contributed by atoms with E-state index in [2.05, 4.69) is 17.2 Å². The summed E-state index contributed by atoms with van der Waals surface area (Å²) in [5.41, 5.74) is 2.36. The number of amides is 1. The Kier molecular flexibility index (Phi) is 5.51. The molecule has 1 saturated heterocycles. The van der Waals surface area contributed by atoms with Crippen molar-refractivity contribution >= 4 is 17.7 Å². The molecule has 2 rings (SSSR count). The smallest absolute Gasteiger partial charge is 0.251 e. The van der Waals surface area contributed by atoms with E-state index in [1.807, 2.05) is 30.8 Å². The van der Waals surface area contributed by atoms with Crippen LogP contribution in [-0.2, 0) is 0 Å². The molecule has 1 unspecified atom stereocenters. The SMILES string of the molecule is Cc1ccc(C#CCO)cc1C(=O)NCC1CCCS1. The Hall–Kier alpha value is -1.44. The van der Waals surface area contributed by atoms with E-state index in [9.17, 15) is 4.79 Å². The number of carbonyl (C=O) groups is 1. The van der Waals surface area contributed by atoms with Gasteiger partial charge in [0.15, 0.2) is 0 Å². The Bertz CT molecular complexity index is 539. The molecule has 0 aromatic heterocycles. The van der Waals surface area contributed by atoms with Gasteiger partial charge in [-0.05, 0) is 43.2 Å². The first kappa shape index (κ1) is 15.0. The highest BCUT2D eigenvalue weighted by molar-refractivity contribution is 8.00. The number of nitrogens with one attached hydrogen (secondary N) is 1. The Morgan fingerprint density at radius 3 is 3.10 bits per heavy atom. The first-order chi connectivity index (χ1) is 9.70. The van der Waals surface area contributed by atoms with E-state index in [0.29, 0.717) is 10.8 Å². The first-order valence-electron chi connectivity index (χ1n) is 6.81. The van der Waals surface area contributed by atoms with E-state index in [1.54, 1.807) is 6.07 Å². The lowest BCUT2D eigenvalue weighted by Crippen LogP contribution is -2.30. The van der Waals surface area contributed by atoms with Gasteiger partial charge in [0.2, 0.25) is 0 Å². The zero-order valence-corrected chi connectivity index (χ0v) is 12.4. The third-order valence-corrected chi connectivity index (χ3v) is 4.71. The van der Waals surface area contributed by atoms with Crippen molar-refractivity contribution in [3.8, 4) is 11.8 Å². The van der Waals surface area contributed by atoms with Gasteiger partial charge in [-0.25, -0.2) is 0 Å². The first-order valence-corrected chi connectivity index (χ1v) is 7.86. The van der Waals surface area contributed by atoms with Crippen molar-refractivity contribution in [1.29, 1.82) is 0 Å². The molecule has 1 heterocycles. The van der Waals surface area contributed by atoms with Crippen LogP contribution in [0.4, 0.5) is 0 Å². The molecule has 0 aliphatic carbocycles. The summed E-state index contributed by atoms with van der Waals surface area (Å²) in [4.78, 5) is 12.2. The summed E-state index contributed by atoms with van der Waals surface area (Å²) in [5, 5.41) is 12.3.